The maximum absolute atomic E-state index is 12.8. The second kappa shape index (κ2) is 5.77. The molecule has 0 aliphatic carbocycles. The number of primary sulfonamides is 1. The van der Waals surface area contributed by atoms with Crippen molar-refractivity contribution in [2.45, 2.75) is 57.0 Å². The van der Waals surface area contributed by atoms with Crippen LogP contribution < -0.4 is 5.14 Å². The van der Waals surface area contributed by atoms with Gasteiger partial charge in [-0.2, -0.15) is 0 Å². The molecular formula is C15H22N2O3S. The molecule has 1 aliphatic heterocycles. The van der Waals surface area contributed by atoms with E-state index < -0.39 is 10.0 Å². The van der Waals surface area contributed by atoms with Crippen molar-refractivity contribution in [1.82, 2.24) is 4.90 Å². The van der Waals surface area contributed by atoms with Gasteiger partial charge in [-0.1, -0.05) is 6.92 Å². The second-order valence-corrected chi connectivity index (χ2v) is 7.28. The lowest BCUT2D eigenvalue weighted by Gasteiger charge is -2.28. The maximum atomic E-state index is 12.8. The highest BCUT2D eigenvalue weighted by Gasteiger charge is 2.34. The van der Waals surface area contributed by atoms with Crippen molar-refractivity contribution < 1.29 is 13.2 Å². The molecule has 2 rings (SSSR count). The Morgan fingerprint density at radius 2 is 2.05 bits per heavy atom. The van der Waals surface area contributed by atoms with Crippen molar-refractivity contribution in [2.75, 3.05) is 0 Å². The molecular weight excluding hydrogens is 288 g/mol. The first-order valence-corrected chi connectivity index (χ1v) is 8.76. The largest absolute Gasteiger partial charge is 0.333 e. The standard InChI is InChI=1S/C15H22N2O3S/c1-4-12-6-5-11(3)17(12)15(18)14-8-7-13(9-10(14)2)21(16,19)20/h7-9,11-12H,4-6H2,1-3H3,(H2,16,19,20). The van der Waals surface area contributed by atoms with Crippen LogP contribution in [0.2, 0.25) is 0 Å². The molecule has 116 valence electrons. The quantitative estimate of drug-likeness (QED) is 0.927. The summed E-state index contributed by atoms with van der Waals surface area (Å²) in [5, 5.41) is 5.12. The van der Waals surface area contributed by atoms with E-state index in [0.717, 1.165) is 19.3 Å². The van der Waals surface area contributed by atoms with Gasteiger partial charge in [-0.15, -0.1) is 0 Å². The highest BCUT2D eigenvalue weighted by Crippen LogP contribution is 2.29. The molecule has 0 spiro atoms. The van der Waals surface area contributed by atoms with Gasteiger partial charge in [0.2, 0.25) is 10.0 Å². The fraction of sp³-hybridized carbons (Fsp3) is 0.533. The number of likely N-dealkylation sites (tertiary alicyclic amines) is 1. The van der Waals surface area contributed by atoms with Crippen LogP contribution in [0, 0.1) is 6.92 Å². The van der Waals surface area contributed by atoms with Crippen LogP contribution in [0.15, 0.2) is 23.1 Å². The first-order valence-electron chi connectivity index (χ1n) is 7.21. The van der Waals surface area contributed by atoms with Crippen LogP contribution >= 0.6 is 0 Å². The number of nitrogens with two attached hydrogens (primary N) is 1. The minimum absolute atomic E-state index is 0.0229. The maximum Gasteiger partial charge on any atom is 0.254 e. The van der Waals surface area contributed by atoms with Crippen LogP contribution in [0.3, 0.4) is 0 Å². The molecule has 1 amide bonds. The van der Waals surface area contributed by atoms with Crippen LogP contribution in [-0.2, 0) is 10.0 Å². The number of hydrogen-bond donors (Lipinski definition) is 1. The molecule has 6 heteroatoms. The zero-order valence-electron chi connectivity index (χ0n) is 12.7. The number of carbonyl (C=O) groups excluding carboxylic acids is 1. The third-order valence-corrected chi connectivity index (χ3v) is 5.16. The summed E-state index contributed by atoms with van der Waals surface area (Å²) >= 11 is 0. The summed E-state index contributed by atoms with van der Waals surface area (Å²) in [6.07, 6.45) is 2.97. The molecule has 0 saturated carbocycles. The Morgan fingerprint density at radius 1 is 1.38 bits per heavy atom. The van der Waals surface area contributed by atoms with Gasteiger partial charge >= 0.3 is 0 Å². The van der Waals surface area contributed by atoms with E-state index in [-0.39, 0.29) is 22.9 Å². The lowest BCUT2D eigenvalue weighted by molar-refractivity contribution is 0.0675. The minimum atomic E-state index is -3.74. The monoisotopic (exact) mass is 310 g/mol. The predicted octanol–water partition coefficient (Wildman–Crippen LogP) is 2.05. The summed E-state index contributed by atoms with van der Waals surface area (Å²) in [6.45, 7) is 5.88. The molecule has 1 aliphatic rings. The summed E-state index contributed by atoms with van der Waals surface area (Å²) in [5.41, 5.74) is 1.19. The Labute approximate surface area is 126 Å². The minimum Gasteiger partial charge on any atom is -0.333 e. The third kappa shape index (κ3) is 3.11. The number of carbonyl (C=O) groups is 1. The SMILES string of the molecule is CCC1CCC(C)N1C(=O)c1ccc(S(N)(=O)=O)cc1C. The number of sulfonamides is 1. The van der Waals surface area contributed by atoms with E-state index in [1.807, 2.05) is 4.90 Å². The van der Waals surface area contributed by atoms with Gasteiger partial charge in [-0.25, -0.2) is 13.6 Å². The van der Waals surface area contributed by atoms with Gasteiger partial charge in [0, 0.05) is 17.6 Å². The Hall–Kier alpha value is -1.40. The average Bonchev–Trinajstić information content (AvgIpc) is 2.78. The molecule has 2 N–H and O–H groups in total. The highest BCUT2D eigenvalue weighted by molar-refractivity contribution is 7.89. The van der Waals surface area contributed by atoms with E-state index in [9.17, 15) is 13.2 Å². The number of rotatable bonds is 3. The van der Waals surface area contributed by atoms with Crippen LogP contribution in [0.4, 0.5) is 0 Å². The zero-order chi connectivity index (χ0) is 15.8. The summed E-state index contributed by atoms with van der Waals surface area (Å²) in [6, 6.07) is 4.92. The molecule has 0 aromatic heterocycles. The van der Waals surface area contributed by atoms with E-state index in [4.69, 9.17) is 5.14 Å². The molecule has 2 unspecified atom stereocenters. The number of hydrogen-bond acceptors (Lipinski definition) is 3. The Morgan fingerprint density at radius 3 is 2.57 bits per heavy atom. The van der Waals surface area contributed by atoms with Crippen molar-refractivity contribution in [3.8, 4) is 0 Å². The first kappa shape index (κ1) is 16.0. The van der Waals surface area contributed by atoms with Crippen LogP contribution in [-0.4, -0.2) is 31.3 Å². The molecule has 1 aromatic rings. The highest BCUT2D eigenvalue weighted by atomic mass is 32.2. The zero-order valence-corrected chi connectivity index (χ0v) is 13.5. The van der Waals surface area contributed by atoms with E-state index in [1.54, 1.807) is 13.0 Å². The number of benzene rings is 1. The van der Waals surface area contributed by atoms with Crippen molar-refractivity contribution in [1.29, 1.82) is 0 Å². The summed E-state index contributed by atoms with van der Waals surface area (Å²) in [5.74, 6) is -0.0229. The molecule has 5 nitrogen and oxygen atoms in total. The lowest BCUT2D eigenvalue weighted by atomic mass is 10.1. The molecule has 0 radical (unpaired) electrons. The van der Waals surface area contributed by atoms with Gasteiger partial charge in [0.05, 0.1) is 4.90 Å². The van der Waals surface area contributed by atoms with E-state index in [1.165, 1.54) is 12.1 Å². The molecule has 0 bridgehead atoms. The molecule has 1 aromatic carbocycles. The molecule has 2 atom stereocenters. The Bertz CT molecular complexity index is 655. The third-order valence-electron chi connectivity index (χ3n) is 4.25. The summed E-state index contributed by atoms with van der Waals surface area (Å²) in [4.78, 5) is 14.7. The molecule has 1 heterocycles. The smallest absolute Gasteiger partial charge is 0.254 e. The number of nitrogens with zero attached hydrogens (tertiary/aromatic N) is 1. The van der Waals surface area contributed by atoms with E-state index in [2.05, 4.69) is 13.8 Å². The normalized spacial score (nSPS) is 22.6. The summed E-state index contributed by atoms with van der Waals surface area (Å²) < 4.78 is 22.7. The molecule has 1 saturated heterocycles. The Kier molecular flexibility index (Phi) is 4.39. The average molecular weight is 310 g/mol. The van der Waals surface area contributed by atoms with E-state index >= 15 is 0 Å². The van der Waals surface area contributed by atoms with Gasteiger partial charge < -0.3 is 4.90 Å². The van der Waals surface area contributed by atoms with Gasteiger partial charge in [0.1, 0.15) is 0 Å². The fourth-order valence-electron chi connectivity index (χ4n) is 3.03. The molecule has 1 fully saturated rings. The fourth-order valence-corrected chi connectivity index (χ4v) is 3.63. The van der Waals surface area contributed by atoms with E-state index in [0.29, 0.717) is 11.1 Å². The summed E-state index contributed by atoms with van der Waals surface area (Å²) in [7, 11) is -3.74. The van der Waals surface area contributed by atoms with Gasteiger partial charge in [0.25, 0.3) is 5.91 Å². The van der Waals surface area contributed by atoms with Gasteiger partial charge in [0.15, 0.2) is 0 Å². The molecule has 21 heavy (non-hydrogen) atoms. The van der Waals surface area contributed by atoms with Crippen molar-refractivity contribution >= 4 is 15.9 Å². The van der Waals surface area contributed by atoms with Crippen molar-refractivity contribution in [3.05, 3.63) is 29.3 Å². The van der Waals surface area contributed by atoms with Crippen LogP contribution in [0.5, 0.6) is 0 Å². The number of amides is 1. The first-order chi connectivity index (χ1) is 9.75. The Balaban J connectivity index is 2.36. The van der Waals surface area contributed by atoms with Gasteiger partial charge in [-0.05, 0) is 56.9 Å². The lowest BCUT2D eigenvalue weighted by Crippen LogP contribution is -2.40. The van der Waals surface area contributed by atoms with Crippen LogP contribution in [0.1, 0.15) is 49.0 Å². The predicted molar refractivity (Wildman–Crippen MR) is 81.5 cm³/mol. The number of aryl methyl sites for hydroxylation is 1. The second-order valence-electron chi connectivity index (χ2n) is 5.72. The van der Waals surface area contributed by atoms with Crippen molar-refractivity contribution in [3.63, 3.8) is 0 Å². The van der Waals surface area contributed by atoms with Crippen LogP contribution in [0.25, 0.3) is 0 Å². The van der Waals surface area contributed by atoms with Crippen molar-refractivity contribution in [2.24, 2.45) is 5.14 Å². The van der Waals surface area contributed by atoms with Gasteiger partial charge in [-0.3, -0.25) is 4.79 Å². The topological polar surface area (TPSA) is 80.5 Å².